The first-order chi connectivity index (χ1) is 8.73. The van der Waals surface area contributed by atoms with E-state index in [1.54, 1.807) is 20.8 Å². The third-order valence-electron chi connectivity index (χ3n) is 2.06. The predicted octanol–water partition coefficient (Wildman–Crippen LogP) is 1.89. The van der Waals surface area contributed by atoms with E-state index in [9.17, 15) is 14.0 Å². The Hall–Kier alpha value is -1.98. The number of carbonyl (C=O) groups is 2. The molecule has 0 aliphatic heterocycles. The van der Waals surface area contributed by atoms with Gasteiger partial charge in [0.15, 0.2) is 5.82 Å². The Bertz CT molecular complexity index is 494. The van der Waals surface area contributed by atoms with Crippen molar-refractivity contribution in [3.8, 4) is 0 Å². The Labute approximate surface area is 110 Å². The Morgan fingerprint density at radius 1 is 1.37 bits per heavy atom. The molecular formula is C13H16FNO4. The van der Waals surface area contributed by atoms with Crippen LogP contribution in [0.2, 0.25) is 0 Å². The number of esters is 2. The molecule has 0 fully saturated rings. The minimum Gasteiger partial charge on any atom is -0.465 e. The summed E-state index contributed by atoms with van der Waals surface area (Å²) >= 11 is 0. The number of rotatable bonds is 3. The van der Waals surface area contributed by atoms with Crippen LogP contribution in [-0.4, -0.2) is 29.6 Å². The summed E-state index contributed by atoms with van der Waals surface area (Å²) < 4.78 is 22.9. The molecule has 5 nitrogen and oxygen atoms in total. The largest absolute Gasteiger partial charge is 0.465 e. The van der Waals surface area contributed by atoms with Crippen LogP contribution < -0.4 is 0 Å². The molecule has 0 atom stereocenters. The van der Waals surface area contributed by atoms with Gasteiger partial charge in [0.25, 0.3) is 0 Å². The lowest BCUT2D eigenvalue weighted by Crippen LogP contribution is -2.25. The van der Waals surface area contributed by atoms with Gasteiger partial charge in [0, 0.05) is 0 Å². The summed E-state index contributed by atoms with van der Waals surface area (Å²) in [6, 6.07) is 1.19. The lowest BCUT2D eigenvalue weighted by atomic mass is 10.1. The molecule has 6 heteroatoms. The zero-order valence-electron chi connectivity index (χ0n) is 11.3. The Morgan fingerprint density at radius 2 is 2.00 bits per heavy atom. The Morgan fingerprint density at radius 3 is 2.53 bits per heavy atom. The van der Waals surface area contributed by atoms with E-state index < -0.39 is 23.4 Å². The number of hydrogen-bond donors (Lipinski definition) is 0. The molecule has 1 aromatic heterocycles. The molecular weight excluding hydrogens is 253 g/mol. The van der Waals surface area contributed by atoms with Crippen LogP contribution in [0.4, 0.5) is 4.39 Å². The molecule has 0 unspecified atom stereocenters. The Kier molecular flexibility index (Phi) is 4.58. The fourth-order valence-electron chi connectivity index (χ4n) is 1.37. The summed E-state index contributed by atoms with van der Waals surface area (Å²) in [6.45, 7) is 5.22. The highest BCUT2D eigenvalue weighted by Crippen LogP contribution is 2.12. The summed E-state index contributed by atoms with van der Waals surface area (Å²) in [5, 5.41) is 0. The van der Waals surface area contributed by atoms with Gasteiger partial charge in [-0.05, 0) is 26.8 Å². The van der Waals surface area contributed by atoms with Crippen LogP contribution >= 0.6 is 0 Å². The first-order valence-electron chi connectivity index (χ1n) is 5.67. The minimum absolute atomic E-state index is 0.137. The van der Waals surface area contributed by atoms with Crippen LogP contribution in [0.15, 0.2) is 12.3 Å². The van der Waals surface area contributed by atoms with Gasteiger partial charge in [0.05, 0.1) is 31.0 Å². The smallest absolute Gasteiger partial charge is 0.340 e. The maximum absolute atomic E-state index is 13.3. The molecule has 0 saturated heterocycles. The summed E-state index contributed by atoms with van der Waals surface area (Å²) in [6.07, 6.45) is 0.744. The number of methoxy groups -OCH3 is 1. The number of halogens is 1. The van der Waals surface area contributed by atoms with E-state index in [0.29, 0.717) is 0 Å². The number of ether oxygens (including phenoxy) is 2. The fourth-order valence-corrected chi connectivity index (χ4v) is 1.37. The first-order valence-corrected chi connectivity index (χ1v) is 5.67. The van der Waals surface area contributed by atoms with Gasteiger partial charge in [0.1, 0.15) is 5.60 Å². The van der Waals surface area contributed by atoms with E-state index in [2.05, 4.69) is 9.72 Å². The van der Waals surface area contributed by atoms with Crippen molar-refractivity contribution < 1.29 is 23.5 Å². The molecule has 0 amide bonds. The number of carbonyl (C=O) groups excluding carboxylic acids is 2. The normalized spacial score (nSPS) is 11.0. The molecule has 0 N–H and O–H groups in total. The topological polar surface area (TPSA) is 65.5 Å². The molecule has 1 rings (SSSR count). The highest BCUT2D eigenvalue weighted by Gasteiger charge is 2.19. The third kappa shape index (κ3) is 4.65. The monoisotopic (exact) mass is 269 g/mol. The summed E-state index contributed by atoms with van der Waals surface area (Å²) in [5.41, 5.74) is -0.616. The molecule has 1 heterocycles. The van der Waals surface area contributed by atoms with E-state index in [0.717, 1.165) is 13.3 Å². The van der Waals surface area contributed by atoms with E-state index >= 15 is 0 Å². The lowest BCUT2D eigenvalue weighted by Gasteiger charge is -2.19. The third-order valence-corrected chi connectivity index (χ3v) is 2.06. The SMILES string of the molecule is COC(=O)c1cc(CC(=O)OC(C)(C)C)ncc1F. The highest BCUT2D eigenvalue weighted by molar-refractivity contribution is 5.89. The molecule has 0 radical (unpaired) electrons. The second-order valence-electron chi connectivity index (χ2n) is 4.91. The van der Waals surface area contributed by atoms with Crippen molar-refractivity contribution in [1.82, 2.24) is 4.98 Å². The van der Waals surface area contributed by atoms with E-state index in [1.165, 1.54) is 6.07 Å². The highest BCUT2D eigenvalue weighted by atomic mass is 19.1. The van der Waals surface area contributed by atoms with Crippen molar-refractivity contribution in [2.45, 2.75) is 32.8 Å². The lowest BCUT2D eigenvalue weighted by molar-refractivity contribution is -0.154. The molecule has 0 aliphatic carbocycles. The van der Waals surface area contributed by atoms with Crippen LogP contribution in [0.25, 0.3) is 0 Å². The maximum atomic E-state index is 13.3. The standard InChI is InChI=1S/C13H16FNO4/c1-13(2,3)19-11(16)6-8-5-9(12(17)18-4)10(14)7-15-8/h5,7H,6H2,1-4H3. The number of nitrogens with zero attached hydrogens (tertiary/aromatic N) is 1. The van der Waals surface area contributed by atoms with Crippen molar-refractivity contribution in [2.24, 2.45) is 0 Å². The van der Waals surface area contributed by atoms with Gasteiger partial charge in [-0.15, -0.1) is 0 Å². The van der Waals surface area contributed by atoms with Gasteiger partial charge < -0.3 is 9.47 Å². The molecule has 1 aromatic rings. The molecule has 0 aromatic carbocycles. The average Bonchev–Trinajstić information content (AvgIpc) is 2.28. The second kappa shape index (κ2) is 5.77. The molecule has 0 spiro atoms. The number of aromatic nitrogens is 1. The van der Waals surface area contributed by atoms with Gasteiger partial charge in [-0.1, -0.05) is 0 Å². The average molecular weight is 269 g/mol. The quantitative estimate of drug-likeness (QED) is 0.784. The van der Waals surface area contributed by atoms with E-state index in [-0.39, 0.29) is 17.7 Å². The minimum atomic E-state index is -0.815. The molecule has 0 saturated carbocycles. The zero-order valence-corrected chi connectivity index (χ0v) is 11.3. The molecule has 104 valence electrons. The number of pyridine rings is 1. The van der Waals surface area contributed by atoms with Crippen molar-refractivity contribution in [3.63, 3.8) is 0 Å². The van der Waals surface area contributed by atoms with Crippen LogP contribution in [0.1, 0.15) is 36.8 Å². The van der Waals surface area contributed by atoms with Crippen molar-refractivity contribution in [2.75, 3.05) is 7.11 Å². The maximum Gasteiger partial charge on any atom is 0.340 e. The van der Waals surface area contributed by atoms with Crippen LogP contribution in [0.3, 0.4) is 0 Å². The van der Waals surface area contributed by atoms with Gasteiger partial charge in [-0.25, -0.2) is 9.18 Å². The van der Waals surface area contributed by atoms with Crippen molar-refractivity contribution in [3.05, 3.63) is 29.3 Å². The Balaban J connectivity index is 2.86. The first kappa shape index (κ1) is 15.1. The van der Waals surface area contributed by atoms with Crippen LogP contribution in [-0.2, 0) is 20.7 Å². The number of hydrogen-bond acceptors (Lipinski definition) is 5. The van der Waals surface area contributed by atoms with Gasteiger partial charge in [0.2, 0.25) is 0 Å². The summed E-state index contributed by atoms with van der Waals surface area (Å²) in [7, 11) is 1.15. The van der Waals surface area contributed by atoms with Gasteiger partial charge in [-0.2, -0.15) is 0 Å². The molecule has 19 heavy (non-hydrogen) atoms. The zero-order chi connectivity index (χ0) is 14.6. The molecule has 0 aliphatic rings. The van der Waals surface area contributed by atoms with Crippen LogP contribution in [0.5, 0.6) is 0 Å². The fraction of sp³-hybridized carbons (Fsp3) is 0.462. The second-order valence-corrected chi connectivity index (χ2v) is 4.91. The van der Waals surface area contributed by atoms with E-state index in [1.807, 2.05) is 0 Å². The van der Waals surface area contributed by atoms with Crippen molar-refractivity contribution in [1.29, 1.82) is 0 Å². The summed E-state index contributed by atoms with van der Waals surface area (Å²) in [4.78, 5) is 26.6. The predicted molar refractivity (Wildman–Crippen MR) is 65.1 cm³/mol. The van der Waals surface area contributed by atoms with Crippen LogP contribution in [0, 0.1) is 5.82 Å². The van der Waals surface area contributed by atoms with Gasteiger partial charge >= 0.3 is 11.9 Å². The summed E-state index contributed by atoms with van der Waals surface area (Å²) in [5.74, 6) is -2.10. The van der Waals surface area contributed by atoms with Crippen molar-refractivity contribution >= 4 is 11.9 Å². The van der Waals surface area contributed by atoms with E-state index in [4.69, 9.17) is 4.74 Å². The van der Waals surface area contributed by atoms with Gasteiger partial charge in [-0.3, -0.25) is 9.78 Å². The molecule has 0 bridgehead atoms.